The van der Waals surface area contributed by atoms with Crippen molar-refractivity contribution < 1.29 is 9.53 Å². The van der Waals surface area contributed by atoms with Crippen LogP contribution in [0.15, 0.2) is 18.2 Å². The van der Waals surface area contributed by atoms with E-state index in [-0.39, 0.29) is 12.1 Å². The lowest BCUT2D eigenvalue weighted by Gasteiger charge is -2.27. The van der Waals surface area contributed by atoms with Gasteiger partial charge in [-0.3, -0.25) is 4.90 Å². The van der Waals surface area contributed by atoms with Crippen LogP contribution < -0.4 is 0 Å². The van der Waals surface area contributed by atoms with E-state index >= 15 is 0 Å². The molecular formula is C20H21N3O2. The third-order valence-corrected chi connectivity index (χ3v) is 3.98. The maximum absolute atomic E-state index is 12.5. The highest BCUT2D eigenvalue weighted by Crippen LogP contribution is 2.32. The normalized spacial score (nSPS) is 17.0. The third-order valence-electron chi connectivity index (χ3n) is 3.98. The van der Waals surface area contributed by atoms with E-state index in [9.17, 15) is 4.79 Å². The lowest BCUT2D eigenvalue weighted by molar-refractivity contribution is 0.0219. The molecule has 1 N–H and O–H groups in total. The number of terminal acetylenes is 1. The second-order valence-electron chi connectivity index (χ2n) is 7.08. The van der Waals surface area contributed by atoms with E-state index in [1.807, 2.05) is 39.0 Å². The quantitative estimate of drug-likeness (QED) is 0.810. The Labute approximate surface area is 147 Å². The summed E-state index contributed by atoms with van der Waals surface area (Å²) in [6, 6.07) is 5.62. The molecule has 5 nitrogen and oxygen atoms in total. The average molecular weight is 335 g/mol. The lowest BCUT2D eigenvalue weighted by atomic mass is 10.2. The number of hydrogen-bond acceptors (Lipinski definition) is 3. The molecule has 5 heteroatoms. The maximum atomic E-state index is 12.5. The largest absolute Gasteiger partial charge is 0.444 e. The molecule has 0 spiro atoms. The number of carbonyl (C=O) groups is 1. The molecule has 0 saturated carbocycles. The Morgan fingerprint density at radius 3 is 2.96 bits per heavy atom. The van der Waals surface area contributed by atoms with Crippen LogP contribution in [0.3, 0.4) is 0 Å². The van der Waals surface area contributed by atoms with Crippen LogP contribution in [0.5, 0.6) is 0 Å². The highest BCUT2D eigenvalue weighted by molar-refractivity contribution is 5.77. The van der Waals surface area contributed by atoms with Gasteiger partial charge in [-0.1, -0.05) is 5.92 Å². The minimum Gasteiger partial charge on any atom is -0.444 e. The third kappa shape index (κ3) is 3.78. The maximum Gasteiger partial charge on any atom is 0.410 e. The van der Waals surface area contributed by atoms with Crippen molar-refractivity contribution in [1.82, 2.24) is 14.9 Å². The van der Waals surface area contributed by atoms with Crippen molar-refractivity contribution in [3.05, 3.63) is 29.6 Å². The number of carbonyl (C=O) groups excluding carboxylic acids is 1. The molecule has 2 heterocycles. The Kier molecular flexibility index (Phi) is 4.42. The Morgan fingerprint density at radius 1 is 1.44 bits per heavy atom. The van der Waals surface area contributed by atoms with Gasteiger partial charge in [0.05, 0.1) is 17.1 Å². The van der Waals surface area contributed by atoms with Crippen LogP contribution in [-0.4, -0.2) is 33.1 Å². The number of nitrogens with zero attached hydrogens (tertiary/aromatic N) is 2. The fraction of sp³-hybridized carbons (Fsp3) is 0.400. The minimum atomic E-state index is -0.511. The van der Waals surface area contributed by atoms with Gasteiger partial charge >= 0.3 is 6.09 Å². The van der Waals surface area contributed by atoms with E-state index in [4.69, 9.17) is 11.2 Å². The van der Waals surface area contributed by atoms with E-state index in [1.54, 1.807) is 4.90 Å². The zero-order valence-corrected chi connectivity index (χ0v) is 14.7. The topological polar surface area (TPSA) is 58.2 Å². The van der Waals surface area contributed by atoms with Gasteiger partial charge in [0.25, 0.3) is 0 Å². The fourth-order valence-corrected chi connectivity index (χ4v) is 2.96. The van der Waals surface area contributed by atoms with Gasteiger partial charge in [0.2, 0.25) is 0 Å². The van der Waals surface area contributed by atoms with Gasteiger partial charge in [0.15, 0.2) is 0 Å². The van der Waals surface area contributed by atoms with Crippen molar-refractivity contribution >= 4 is 17.1 Å². The predicted octanol–water partition coefficient (Wildman–Crippen LogP) is 3.62. The van der Waals surface area contributed by atoms with E-state index in [2.05, 4.69) is 27.7 Å². The SMILES string of the molecule is C#CC#Cc1ccc2nc(C3CCCN3C(=O)OC(C)(C)C)[nH]c2c1. The number of hydrogen-bond donors (Lipinski definition) is 1. The Balaban J connectivity index is 1.87. The van der Waals surface area contributed by atoms with Crippen molar-refractivity contribution in [1.29, 1.82) is 0 Å². The van der Waals surface area contributed by atoms with Gasteiger partial charge in [-0.2, -0.15) is 0 Å². The minimum absolute atomic E-state index is 0.0949. The number of nitrogens with one attached hydrogen (secondary N) is 1. The summed E-state index contributed by atoms with van der Waals surface area (Å²) >= 11 is 0. The first-order valence-electron chi connectivity index (χ1n) is 8.33. The van der Waals surface area contributed by atoms with Gasteiger partial charge in [0.1, 0.15) is 11.4 Å². The number of fused-ring (bicyclic) bond motifs is 1. The molecule has 0 aliphatic carbocycles. The Bertz CT molecular complexity index is 903. The molecule has 25 heavy (non-hydrogen) atoms. The Morgan fingerprint density at radius 2 is 2.24 bits per heavy atom. The van der Waals surface area contributed by atoms with Crippen molar-refractivity contribution in [3.8, 4) is 24.2 Å². The second kappa shape index (κ2) is 6.53. The van der Waals surface area contributed by atoms with Crippen LogP contribution in [0, 0.1) is 24.2 Å². The summed E-state index contributed by atoms with van der Waals surface area (Å²) in [5.41, 5.74) is 2.05. The standard InChI is InChI=1S/C20H21N3O2/c1-5-6-8-14-10-11-15-16(13-14)22-18(21-15)17-9-7-12-23(17)19(24)25-20(2,3)4/h1,10-11,13,17H,7,9,12H2,2-4H3,(H,21,22). The molecule has 128 valence electrons. The first kappa shape index (κ1) is 16.9. The number of likely N-dealkylation sites (tertiary alicyclic amines) is 1. The van der Waals surface area contributed by atoms with Crippen molar-refractivity contribution in [2.24, 2.45) is 0 Å². The number of benzene rings is 1. The van der Waals surface area contributed by atoms with Crippen molar-refractivity contribution in [2.75, 3.05) is 6.54 Å². The van der Waals surface area contributed by atoms with Crippen LogP contribution in [0.25, 0.3) is 11.0 Å². The number of imidazole rings is 1. The Hall–Kier alpha value is -2.92. The van der Waals surface area contributed by atoms with Gasteiger partial charge in [0, 0.05) is 12.1 Å². The van der Waals surface area contributed by atoms with Crippen LogP contribution in [0.2, 0.25) is 0 Å². The summed E-state index contributed by atoms with van der Waals surface area (Å²) in [7, 11) is 0. The molecule has 1 atom stereocenters. The highest BCUT2D eigenvalue weighted by atomic mass is 16.6. The smallest absolute Gasteiger partial charge is 0.410 e. The zero-order chi connectivity index (χ0) is 18.0. The molecule has 1 saturated heterocycles. The van der Waals surface area contributed by atoms with Crippen LogP contribution in [0.1, 0.15) is 51.0 Å². The van der Waals surface area contributed by atoms with Crippen LogP contribution in [0.4, 0.5) is 4.79 Å². The average Bonchev–Trinajstić information content (AvgIpc) is 3.16. The second-order valence-corrected chi connectivity index (χ2v) is 7.08. The van der Waals surface area contributed by atoms with Crippen molar-refractivity contribution in [2.45, 2.75) is 45.3 Å². The molecule has 3 rings (SSSR count). The molecule has 1 aliphatic heterocycles. The molecule has 1 aromatic carbocycles. The van der Waals surface area contributed by atoms with Gasteiger partial charge in [-0.25, -0.2) is 9.78 Å². The molecule has 1 aliphatic rings. The van der Waals surface area contributed by atoms with Crippen LogP contribution in [-0.2, 0) is 4.74 Å². The molecule has 1 fully saturated rings. The summed E-state index contributed by atoms with van der Waals surface area (Å²) in [6.45, 7) is 6.29. The molecule has 1 amide bonds. The van der Waals surface area contributed by atoms with Crippen molar-refractivity contribution in [3.63, 3.8) is 0 Å². The summed E-state index contributed by atoms with van der Waals surface area (Å²) in [5, 5.41) is 0. The lowest BCUT2D eigenvalue weighted by Crippen LogP contribution is -2.36. The van der Waals surface area contributed by atoms with E-state index in [0.29, 0.717) is 6.54 Å². The molecule has 0 bridgehead atoms. The first-order valence-corrected chi connectivity index (χ1v) is 8.33. The molecular weight excluding hydrogens is 314 g/mol. The molecule has 1 aromatic heterocycles. The number of H-pyrrole nitrogens is 1. The van der Waals surface area contributed by atoms with E-state index in [1.165, 1.54) is 0 Å². The molecule has 0 radical (unpaired) electrons. The molecule has 1 unspecified atom stereocenters. The summed E-state index contributed by atoms with van der Waals surface area (Å²) in [5.74, 6) is 8.59. The van der Waals surface area contributed by atoms with E-state index < -0.39 is 5.60 Å². The van der Waals surface area contributed by atoms with E-state index in [0.717, 1.165) is 35.3 Å². The van der Waals surface area contributed by atoms with Gasteiger partial charge in [-0.05, 0) is 63.7 Å². The highest BCUT2D eigenvalue weighted by Gasteiger charge is 2.34. The van der Waals surface area contributed by atoms with Crippen LogP contribution >= 0.6 is 0 Å². The summed E-state index contributed by atoms with van der Waals surface area (Å²) in [6.07, 6.45) is 6.67. The fourth-order valence-electron chi connectivity index (χ4n) is 2.96. The van der Waals surface area contributed by atoms with Gasteiger partial charge < -0.3 is 9.72 Å². The first-order chi connectivity index (χ1) is 11.9. The summed E-state index contributed by atoms with van der Waals surface area (Å²) in [4.78, 5) is 22.2. The number of rotatable bonds is 1. The van der Waals surface area contributed by atoms with Gasteiger partial charge in [-0.15, -0.1) is 6.42 Å². The monoisotopic (exact) mass is 335 g/mol. The molecule has 2 aromatic rings. The number of ether oxygens (including phenoxy) is 1. The number of aromatic nitrogens is 2. The zero-order valence-electron chi connectivity index (χ0n) is 14.7. The summed E-state index contributed by atoms with van der Waals surface area (Å²) < 4.78 is 5.52. The predicted molar refractivity (Wildman–Crippen MR) is 96.7 cm³/mol. The number of aromatic amines is 1. The number of amides is 1.